The molecule has 0 aromatic heterocycles. The normalized spacial score (nSPS) is 24.5. The molecule has 1 saturated carbocycles. The topological polar surface area (TPSA) is 84.9 Å². The fraction of sp³-hybridized carbons (Fsp3) is 0.682. The van der Waals surface area contributed by atoms with Gasteiger partial charge >= 0.3 is 0 Å². The second-order valence-corrected chi connectivity index (χ2v) is 11.4. The number of nitrogens with zero attached hydrogens (tertiary/aromatic N) is 1. The van der Waals surface area contributed by atoms with Gasteiger partial charge in [-0.3, -0.25) is 4.79 Å². The first-order valence-corrected chi connectivity index (χ1v) is 13.8. The first kappa shape index (κ1) is 22.9. The van der Waals surface area contributed by atoms with Crippen LogP contribution in [0.25, 0.3) is 0 Å². The van der Waals surface area contributed by atoms with Gasteiger partial charge in [0.2, 0.25) is 10.0 Å². The maximum Gasteiger partial charge on any atom is 0.254 e. The maximum atomic E-state index is 13.5. The molecule has 9 heteroatoms. The van der Waals surface area contributed by atoms with Crippen molar-refractivity contribution in [3.8, 4) is 5.75 Å². The Morgan fingerprint density at radius 2 is 2.03 bits per heavy atom. The van der Waals surface area contributed by atoms with Crippen LogP contribution in [0.5, 0.6) is 5.75 Å². The van der Waals surface area contributed by atoms with Crippen LogP contribution in [0.4, 0.5) is 0 Å². The van der Waals surface area contributed by atoms with Crippen LogP contribution in [-0.2, 0) is 14.8 Å². The van der Waals surface area contributed by atoms with Gasteiger partial charge in [-0.25, -0.2) is 13.1 Å². The minimum absolute atomic E-state index is 0.0330. The lowest BCUT2D eigenvalue weighted by Gasteiger charge is -2.31. The summed E-state index contributed by atoms with van der Waals surface area (Å²) in [7, 11) is -2.33. The number of ether oxygens (including phenoxy) is 2. The second kappa shape index (κ2) is 10.1. The summed E-state index contributed by atoms with van der Waals surface area (Å²) in [5, 5.41) is 0. The summed E-state index contributed by atoms with van der Waals surface area (Å²) in [6.45, 7) is 1.29. The lowest BCUT2D eigenvalue weighted by Crippen LogP contribution is -2.44. The molecule has 1 aliphatic carbocycles. The molecule has 0 radical (unpaired) electrons. The number of rotatable bonds is 8. The van der Waals surface area contributed by atoms with Crippen LogP contribution in [-0.4, -0.2) is 69.2 Å². The van der Waals surface area contributed by atoms with Crippen molar-refractivity contribution in [3.63, 3.8) is 0 Å². The predicted molar refractivity (Wildman–Crippen MR) is 121 cm³/mol. The van der Waals surface area contributed by atoms with Crippen LogP contribution >= 0.6 is 11.8 Å². The summed E-state index contributed by atoms with van der Waals surface area (Å²) < 4.78 is 40.1. The smallest absolute Gasteiger partial charge is 0.254 e. The van der Waals surface area contributed by atoms with E-state index >= 15 is 0 Å². The van der Waals surface area contributed by atoms with Gasteiger partial charge in [-0.2, -0.15) is 11.8 Å². The molecule has 172 valence electrons. The van der Waals surface area contributed by atoms with Gasteiger partial charge in [-0.1, -0.05) is 12.8 Å². The summed E-state index contributed by atoms with van der Waals surface area (Å²) in [4.78, 5) is 15.5. The fourth-order valence-electron chi connectivity index (χ4n) is 4.69. The maximum absolute atomic E-state index is 13.5. The van der Waals surface area contributed by atoms with E-state index in [0.717, 1.165) is 63.1 Å². The number of carbonyl (C=O) groups excluding carboxylic acids is 1. The molecule has 2 atom stereocenters. The zero-order chi connectivity index (χ0) is 21.8. The number of hydrogen-bond donors (Lipinski definition) is 1. The summed E-state index contributed by atoms with van der Waals surface area (Å²) in [6.07, 6.45) is 6.72. The molecular weight excluding hydrogens is 436 g/mol. The largest absolute Gasteiger partial charge is 0.495 e. The highest BCUT2D eigenvalue weighted by Crippen LogP contribution is 2.30. The molecule has 31 heavy (non-hydrogen) atoms. The Bertz CT molecular complexity index is 874. The van der Waals surface area contributed by atoms with Crippen LogP contribution in [0.1, 0.15) is 55.3 Å². The Morgan fingerprint density at radius 3 is 2.68 bits per heavy atom. The van der Waals surface area contributed by atoms with E-state index in [2.05, 4.69) is 4.72 Å². The van der Waals surface area contributed by atoms with Crippen molar-refractivity contribution in [2.24, 2.45) is 0 Å². The van der Waals surface area contributed by atoms with E-state index in [9.17, 15) is 13.2 Å². The molecule has 0 spiro atoms. The van der Waals surface area contributed by atoms with Gasteiger partial charge in [-0.15, -0.1) is 0 Å². The highest BCUT2D eigenvalue weighted by molar-refractivity contribution is 7.99. The fourth-order valence-corrected chi connectivity index (χ4v) is 7.41. The molecule has 3 aliphatic rings. The van der Waals surface area contributed by atoms with E-state index in [1.165, 1.54) is 13.2 Å². The average molecular weight is 469 g/mol. The minimum atomic E-state index is -3.78. The Morgan fingerprint density at radius 1 is 1.23 bits per heavy atom. The Balaban J connectivity index is 1.60. The first-order chi connectivity index (χ1) is 15.0. The predicted octanol–water partition coefficient (Wildman–Crippen LogP) is 3.04. The minimum Gasteiger partial charge on any atom is -0.495 e. The molecular formula is C22H32N2O5S2. The molecule has 3 fully saturated rings. The van der Waals surface area contributed by atoms with E-state index in [0.29, 0.717) is 12.1 Å². The Hall–Kier alpha value is -1.29. The molecule has 2 heterocycles. The third-order valence-corrected chi connectivity index (χ3v) is 9.10. The highest BCUT2D eigenvalue weighted by atomic mass is 32.2. The highest BCUT2D eigenvalue weighted by Gasteiger charge is 2.33. The Labute approximate surface area is 189 Å². The number of thioether (sulfide) groups is 1. The van der Waals surface area contributed by atoms with E-state index in [1.807, 2.05) is 16.7 Å². The lowest BCUT2D eigenvalue weighted by atomic mass is 10.1. The molecule has 2 unspecified atom stereocenters. The molecule has 1 aromatic carbocycles. The van der Waals surface area contributed by atoms with Gasteiger partial charge in [0.1, 0.15) is 10.6 Å². The van der Waals surface area contributed by atoms with Crippen molar-refractivity contribution in [2.75, 3.05) is 31.8 Å². The lowest BCUT2D eigenvalue weighted by molar-refractivity contribution is 0.0441. The molecule has 1 N–H and O–H groups in total. The van der Waals surface area contributed by atoms with Gasteiger partial charge in [0.05, 0.1) is 13.2 Å². The van der Waals surface area contributed by atoms with Crippen LogP contribution in [0.3, 0.4) is 0 Å². The number of methoxy groups -OCH3 is 1. The standard InChI is InChI=1S/C22H32N2O5S2/c1-28-20-9-8-16(13-21(20)31(26,27)23-17-5-2-3-6-17)22(25)24(18-10-12-30-15-18)14-19-7-4-11-29-19/h8-9,13,17-19,23H,2-7,10-12,14-15H2,1H3. The Kier molecular flexibility index (Phi) is 7.46. The van der Waals surface area contributed by atoms with Crippen LogP contribution in [0, 0.1) is 0 Å². The number of nitrogens with one attached hydrogen (secondary N) is 1. The molecule has 2 aliphatic heterocycles. The van der Waals surface area contributed by atoms with E-state index in [-0.39, 0.29) is 34.7 Å². The molecule has 4 rings (SSSR count). The van der Waals surface area contributed by atoms with Gasteiger partial charge in [-0.05, 0) is 56.1 Å². The SMILES string of the molecule is COc1ccc(C(=O)N(CC2CCCO2)C2CCSC2)cc1S(=O)(=O)NC1CCCC1. The zero-order valence-corrected chi connectivity index (χ0v) is 19.7. The number of benzene rings is 1. The number of carbonyl (C=O) groups is 1. The van der Waals surface area contributed by atoms with E-state index < -0.39 is 10.0 Å². The van der Waals surface area contributed by atoms with E-state index in [4.69, 9.17) is 9.47 Å². The van der Waals surface area contributed by atoms with Crippen LogP contribution in [0.15, 0.2) is 23.1 Å². The first-order valence-electron chi connectivity index (χ1n) is 11.2. The summed E-state index contributed by atoms with van der Waals surface area (Å²) in [5.41, 5.74) is 0.377. The van der Waals surface area contributed by atoms with Gasteiger partial charge in [0.15, 0.2) is 0 Å². The molecule has 2 saturated heterocycles. The molecule has 1 aromatic rings. The van der Waals surface area contributed by atoms with Crippen molar-refractivity contribution in [3.05, 3.63) is 23.8 Å². The molecule has 0 bridgehead atoms. The van der Waals surface area contributed by atoms with E-state index in [1.54, 1.807) is 12.1 Å². The second-order valence-electron chi connectivity index (χ2n) is 8.58. The van der Waals surface area contributed by atoms with Crippen molar-refractivity contribution < 1.29 is 22.7 Å². The third-order valence-electron chi connectivity index (χ3n) is 6.41. The zero-order valence-electron chi connectivity index (χ0n) is 18.0. The van der Waals surface area contributed by atoms with Crippen molar-refractivity contribution >= 4 is 27.7 Å². The summed E-state index contributed by atoms with van der Waals surface area (Å²) in [5.74, 6) is 2.06. The summed E-state index contributed by atoms with van der Waals surface area (Å²) >= 11 is 1.85. The quantitative estimate of drug-likeness (QED) is 0.631. The van der Waals surface area contributed by atoms with Crippen LogP contribution < -0.4 is 9.46 Å². The summed E-state index contributed by atoms with van der Waals surface area (Å²) in [6, 6.07) is 4.83. The van der Waals surface area contributed by atoms with Gasteiger partial charge < -0.3 is 14.4 Å². The van der Waals surface area contributed by atoms with Crippen molar-refractivity contribution in [1.82, 2.24) is 9.62 Å². The average Bonchev–Trinajstić information content (AvgIpc) is 3.54. The van der Waals surface area contributed by atoms with Gasteiger partial charge in [0.25, 0.3) is 5.91 Å². The number of sulfonamides is 1. The van der Waals surface area contributed by atoms with Crippen LogP contribution in [0.2, 0.25) is 0 Å². The number of amides is 1. The van der Waals surface area contributed by atoms with Crippen molar-refractivity contribution in [2.45, 2.75) is 68.0 Å². The van der Waals surface area contributed by atoms with Crippen molar-refractivity contribution in [1.29, 1.82) is 0 Å². The third kappa shape index (κ3) is 5.38. The molecule has 1 amide bonds. The number of hydrogen-bond acceptors (Lipinski definition) is 6. The monoisotopic (exact) mass is 468 g/mol. The van der Waals surface area contributed by atoms with Gasteiger partial charge in [0, 0.05) is 36.6 Å². The molecule has 7 nitrogen and oxygen atoms in total.